The second-order valence-electron chi connectivity index (χ2n) is 7.14. The second kappa shape index (κ2) is 8.97. The molecule has 0 amide bonds. The fourth-order valence-corrected chi connectivity index (χ4v) is 3.15. The topological polar surface area (TPSA) is 15.3 Å². The smallest absolute Gasteiger partial charge is 0.00926 e. The molecule has 0 aliphatic heterocycles. The predicted molar refractivity (Wildman–Crippen MR) is 85.7 cm³/mol. The van der Waals surface area contributed by atoms with E-state index in [-0.39, 0.29) is 0 Å². The van der Waals surface area contributed by atoms with E-state index < -0.39 is 0 Å². The molecule has 0 radical (unpaired) electrons. The summed E-state index contributed by atoms with van der Waals surface area (Å²) in [5.74, 6) is 0. The summed E-state index contributed by atoms with van der Waals surface area (Å²) in [6.07, 6.45) is 11.1. The average molecular weight is 268 g/mol. The minimum atomic E-state index is 0.601. The summed E-state index contributed by atoms with van der Waals surface area (Å²) >= 11 is 0. The Morgan fingerprint density at radius 2 is 1.68 bits per heavy atom. The molecule has 1 aliphatic rings. The van der Waals surface area contributed by atoms with E-state index >= 15 is 0 Å². The summed E-state index contributed by atoms with van der Waals surface area (Å²) in [5.41, 5.74) is 0.601. The molecule has 0 aromatic heterocycles. The van der Waals surface area contributed by atoms with Gasteiger partial charge in [0.25, 0.3) is 0 Å². The van der Waals surface area contributed by atoms with Crippen LogP contribution in [0.1, 0.15) is 72.1 Å². The molecule has 114 valence electrons. The molecule has 1 rings (SSSR count). The van der Waals surface area contributed by atoms with Crippen LogP contribution in [0.2, 0.25) is 0 Å². The largest absolute Gasteiger partial charge is 0.317 e. The Morgan fingerprint density at radius 1 is 1.05 bits per heavy atom. The molecule has 1 fully saturated rings. The molecule has 0 saturated heterocycles. The maximum Gasteiger partial charge on any atom is 0.00926 e. The van der Waals surface area contributed by atoms with E-state index in [1.807, 2.05) is 0 Å². The molecule has 0 bridgehead atoms. The summed E-state index contributed by atoms with van der Waals surface area (Å²) < 4.78 is 0. The van der Waals surface area contributed by atoms with Crippen LogP contribution in [0.4, 0.5) is 0 Å². The lowest BCUT2D eigenvalue weighted by molar-refractivity contribution is 0.126. The first-order chi connectivity index (χ1) is 9.05. The van der Waals surface area contributed by atoms with Gasteiger partial charge >= 0.3 is 0 Å². The zero-order valence-electron chi connectivity index (χ0n) is 13.8. The van der Waals surface area contributed by atoms with E-state index in [1.54, 1.807) is 0 Å². The van der Waals surface area contributed by atoms with Crippen LogP contribution in [0.5, 0.6) is 0 Å². The third-order valence-electron chi connectivity index (χ3n) is 4.80. The molecule has 0 heterocycles. The lowest BCUT2D eigenvalue weighted by Gasteiger charge is -2.38. The van der Waals surface area contributed by atoms with Crippen LogP contribution >= 0.6 is 0 Å². The molecule has 19 heavy (non-hydrogen) atoms. The minimum absolute atomic E-state index is 0.601. The zero-order valence-corrected chi connectivity index (χ0v) is 13.8. The number of hydrogen-bond acceptors (Lipinski definition) is 2. The summed E-state index contributed by atoms with van der Waals surface area (Å²) in [4.78, 5) is 2.62. The number of rotatable bonds is 9. The Hall–Kier alpha value is -0.0800. The average Bonchev–Trinajstić information content (AvgIpc) is 2.37. The predicted octanol–water partition coefficient (Wildman–Crippen LogP) is 4.06. The molecule has 0 aromatic rings. The highest BCUT2D eigenvalue weighted by Crippen LogP contribution is 2.36. The minimum Gasteiger partial charge on any atom is -0.317 e. The van der Waals surface area contributed by atoms with Gasteiger partial charge in [0.2, 0.25) is 0 Å². The van der Waals surface area contributed by atoms with Crippen molar-refractivity contribution in [2.24, 2.45) is 5.41 Å². The maximum atomic E-state index is 3.40. The summed E-state index contributed by atoms with van der Waals surface area (Å²) in [6.45, 7) is 10.6. The monoisotopic (exact) mass is 268 g/mol. The zero-order chi connectivity index (χ0) is 14.1. The molecule has 2 nitrogen and oxygen atoms in total. The van der Waals surface area contributed by atoms with Crippen LogP contribution in [0.15, 0.2) is 0 Å². The molecule has 0 unspecified atom stereocenters. The molecule has 0 atom stereocenters. The Labute approximate surface area is 121 Å². The first-order valence-corrected chi connectivity index (χ1v) is 8.46. The highest BCUT2D eigenvalue weighted by Gasteiger charge is 2.28. The van der Waals surface area contributed by atoms with Gasteiger partial charge in [-0.3, -0.25) is 0 Å². The number of nitrogens with one attached hydrogen (secondary N) is 1. The Balaban J connectivity index is 2.00. The van der Waals surface area contributed by atoms with E-state index in [1.165, 1.54) is 64.5 Å². The van der Waals surface area contributed by atoms with Gasteiger partial charge < -0.3 is 10.2 Å². The van der Waals surface area contributed by atoms with Gasteiger partial charge in [0.15, 0.2) is 0 Å². The summed E-state index contributed by atoms with van der Waals surface area (Å²) in [7, 11) is 2.33. The molecule has 1 N–H and O–H groups in total. The highest BCUT2D eigenvalue weighted by atomic mass is 15.1. The van der Waals surface area contributed by atoms with Crippen LogP contribution in [-0.4, -0.2) is 37.6 Å². The van der Waals surface area contributed by atoms with E-state index in [0.717, 1.165) is 12.6 Å². The lowest BCUT2D eigenvalue weighted by Crippen LogP contribution is -2.37. The SMILES string of the molecule is CCNCCCCCCN(C)C1CCC(C)(C)CC1. The fourth-order valence-electron chi connectivity index (χ4n) is 3.15. The van der Waals surface area contributed by atoms with Gasteiger partial charge in [-0.25, -0.2) is 0 Å². The van der Waals surface area contributed by atoms with Gasteiger partial charge in [0.05, 0.1) is 0 Å². The third-order valence-corrected chi connectivity index (χ3v) is 4.80. The Morgan fingerprint density at radius 3 is 2.32 bits per heavy atom. The molecular weight excluding hydrogens is 232 g/mol. The van der Waals surface area contributed by atoms with Crippen molar-refractivity contribution < 1.29 is 0 Å². The lowest BCUT2D eigenvalue weighted by atomic mass is 9.75. The first kappa shape index (κ1) is 17.0. The van der Waals surface area contributed by atoms with Crippen molar-refractivity contribution in [3.05, 3.63) is 0 Å². The Bertz CT molecular complexity index is 215. The standard InChI is InChI=1S/C17H36N2/c1-5-18-14-8-6-7-9-15-19(4)16-10-12-17(2,3)13-11-16/h16,18H,5-15H2,1-4H3. The van der Waals surface area contributed by atoms with E-state index in [4.69, 9.17) is 0 Å². The molecular formula is C17H36N2. The van der Waals surface area contributed by atoms with Crippen LogP contribution in [-0.2, 0) is 0 Å². The molecule has 0 aromatic carbocycles. The Kier molecular flexibility index (Phi) is 8.01. The molecule has 1 saturated carbocycles. The highest BCUT2D eigenvalue weighted by molar-refractivity contribution is 4.82. The van der Waals surface area contributed by atoms with Crippen molar-refractivity contribution in [1.82, 2.24) is 10.2 Å². The molecule has 1 aliphatic carbocycles. The van der Waals surface area contributed by atoms with Gasteiger partial charge in [0.1, 0.15) is 0 Å². The first-order valence-electron chi connectivity index (χ1n) is 8.46. The van der Waals surface area contributed by atoms with Crippen molar-refractivity contribution in [3.63, 3.8) is 0 Å². The maximum absolute atomic E-state index is 3.40. The van der Waals surface area contributed by atoms with E-state index in [2.05, 4.69) is 38.0 Å². The second-order valence-corrected chi connectivity index (χ2v) is 7.14. The van der Waals surface area contributed by atoms with Crippen LogP contribution in [0.3, 0.4) is 0 Å². The quantitative estimate of drug-likeness (QED) is 0.635. The summed E-state index contributed by atoms with van der Waals surface area (Å²) in [5, 5.41) is 3.40. The van der Waals surface area contributed by atoms with Crippen molar-refractivity contribution in [3.8, 4) is 0 Å². The van der Waals surface area contributed by atoms with Crippen LogP contribution < -0.4 is 5.32 Å². The normalized spacial score (nSPS) is 20.1. The number of nitrogens with zero attached hydrogens (tertiary/aromatic N) is 1. The van der Waals surface area contributed by atoms with Crippen LogP contribution in [0, 0.1) is 5.41 Å². The van der Waals surface area contributed by atoms with Crippen molar-refractivity contribution >= 4 is 0 Å². The molecule has 0 spiro atoms. The molecule has 2 heteroatoms. The van der Waals surface area contributed by atoms with Crippen molar-refractivity contribution in [2.75, 3.05) is 26.7 Å². The summed E-state index contributed by atoms with van der Waals surface area (Å²) in [6, 6.07) is 0.856. The van der Waals surface area contributed by atoms with Gasteiger partial charge in [-0.15, -0.1) is 0 Å². The number of unbranched alkanes of at least 4 members (excludes halogenated alkanes) is 3. The van der Waals surface area contributed by atoms with E-state index in [0.29, 0.717) is 5.41 Å². The van der Waals surface area contributed by atoms with E-state index in [9.17, 15) is 0 Å². The van der Waals surface area contributed by atoms with Crippen LogP contribution in [0.25, 0.3) is 0 Å². The third kappa shape index (κ3) is 7.31. The van der Waals surface area contributed by atoms with Gasteiger partial charge in [-0.2, -0.15) is 0 Å². The van der Waals surface area contributed by atoms with Gasteiger partial charge in [-0.1, -0.05) is 33.6 Å². The fraction of sp³-hybridized carbons (Fsp3) is 1.00. The van der Waals surface area contributed by atoms with Crippen molar-refractivity contribution in [1.29, 1.82) is 0 Å². The van der Waals surface area contributed by atoms with Gasteiger partial charge in [0, 0.05) is 6.04 Å². The number of hydrogen-bond donors (Lipinski definition) is 1. The van der Waals surface area contributed by atoms with Gasteiger partial charge in [-0.05, 0) is 70.6 Å². The van der Waals surface area contributed by atoms with Crippen molar-refractivity contribution in [2.45, 2.75) is 78.2 Å².